The van der Waals surface area contributed by atoms with Crippen molar-refractivity contribution in [3.63, 3.8) is 0 Å². The van der Waals surface area contributed by atoms with Crippen molar-refractivity contribution in [2.75, 3.05) is 0 Å². The average molecular weight is 269 g/mol. The molecular weight excluding hydrogens is 250 g/mol. The molecule has 3 nitrogen and oxygen atoms in total. The molecule has 0 saturated heterocycles. The molecule has 2 aromatic rings. The fourth-order valence-electron chi connectivity index (χ4n) is 2.25. The quantitative estimate of drug-likeness (QED) is 0.904. The molecule has 0 bridgehead atoms. The third-order valence-electron chi connectivity index (χ3n) is 3.59. The highest BCUT2D eigenvalue weighted by molar-refractivity contribution is 5.84. The van der Waals surface area contributed by atoms with Gasteiger partial charge in [-0.3, -0.25) is 4.79 Å². The van der Waals surface area contributed by atoms with Gasteiger partial charge in [-0.15, -0.1) is 0 Å². The largest absolute Gasteiger partial charge is 0.481 e. The van der Waals surface area contributed by atoms with Crippen molar-refractivity contribution in [2.24, 2.45) is 0 Å². The van der Waals surface area contributed by atoms with E-state index in [0.717, 1.165) is 24.0 Å². The predicted molar refractivity (Wildman–Crippen MR) is 79.8 cm³/mol. The average Bonchev–Trinajstić information content (AvgIpc) is 3.28. The van der Waals surface area contributed by atoms with E-state index in [1.807, 2.05) is 43.3 Å². The molecule has 0 radical (unpaired) electrons. The Morgan fingerprint density at radius 1 is 1.25 bits per heavy atom. The fourth-order valence-corrected chi connectivity index (χ4v) is 2.25. The zero-order valence-corrected chi connectivity index (χ0v) is 11.6. The number of benzene rings is 2. The molecule has 20 heavy (non-hydrogen) atoms. The summed E-state index contributed by atoms with van der Waals surface area (Å²) in [7, 11) is 0. The molecule has 1 unspecified atom stereocenters. The lowest BCUT2D eigenvalue weighted by Crippen LogP contribution is -2.39. The number of fused-ring (bicyclic) bond motifs is 1. The second kappa shape index (κ2) is 5.53. The number of hydrogen-bond acceptors (Lipinski definition) is 2. The van der Waals surface area contributed by atoms with Crippen LogP contribution in [-0.4, -0.2) is 18.1 Å². The minimum atomic E-state index is -0.406. The fraction of sp³-hybridized carbons (Fsp3) is 0.353. The van der Waals surface area contributed by atoms with E-state index in [-0.39, 0.29) is 5.91 Å². The summed E-state index contributed by atoms with van der Waals surface area (Å²) in [6, 6.07) is 14.4. The van der Waals surface area contributed by atoms with E-state index in [4.69, 9.17) is 4.74 Å². The molecule has 0 aromatic heterocycles. The molecule has 1 aliphatic carbocycles. The summed E-state index contributed by atoms with van der Waals surface area (Å²) in [6.07, 6.45) is 2.46. The van der Waals surface area contributed by atoms with Gasteiger partial charge in [0.25, 0.3) is 5.91 Å². The van der Waals surface area contributed by atoms with Crippen molar-refractivity contribution in [3.05, 3.63) is 42.5 Å². The van der Waals surface area contributed by atoms with Gasteiger partial charge in [-0.05, 0) is 42.2 Å². The lowest BCUT2D eigenvalue weighted by molar-refractivity contribution is -0.128. The van der Waals surface area contributed by atoms with E-state index in [2.05, 4.69) is 11.4 Å². The van der Waals surface area contributed by atoms with Crippen LogP contribution in [-0.2, 0) is 4.79 Å². The number of ether oxygens (including phenoxy) is 1. The Hall–Kier alpha value is -2.03. The van der Waals surface area contributed by atoms with Crippen molar-refractivity contribution in [2.45, 2.75) is 38.3 Å². The van der Waals surface area contributed by atoms with E-state index in [1.54, 1.807) is 0 Å². The molecule has 1 saturated carbocycles. The first-order valence-corrected chi connectivity index (χ1v) is 7.22. The molecule has 1 N–H and O–H groups in total. The highest BCUT2D eigenvalue weighted by Gasteiger charge is 2.27. The smallest absolute Gasteiger partial charge is 0.261 e. The van der Waals surface area contributed by atoms with E-state index in [0.29, 0.717) is 12.5 Å². The van der Waals surface area contributed by atoms with Crippen LogP contribution in [0.1, 0.15) is 26.2 Å². The molecule has 0 heterocycles. The number of nitrogens with one attached hydrogen (secondary N) is 1. The Labute approximate surface area is 118 Å². The van der Waals surface area contributed by atoms with E-state index >= 15 is 0 Å². The van der Waals surface area contributed by atoms with E-state index in [9.17, 15) is 4.79 Å². The zero-order chi connectivity index (χ0) is 13.9. The minimum absolute atomic E-state index is 0.00292. The summed E-state index contributed by atoms with van der Waals surface area (Å²) >= 11 is 0. The maximum atomic E-state index is 12.1. The number of carbonyl (C=O) groups is 1. The lowest BCUT2D eigenvalue weighted by atomic mass is 10.1. The Morgan fingerprint density at radius 2 is 2.00 bits per heavy atom. The molecule has 0 spiro atoms. The Morgan fingerprint density at radius 3 is 2.70 bits per heavy atom. The van der Waals surface area contributed by atoms with Crippen molar-refractivity contribution >= 4 is 16.7 Å². The Bertz CT molecular complexity index is 619. The standard InChI is InChI=1S/C17H19NO2/c1-2-16(17(19)18-14-8-9-14)20-15-10-7-12-5-3-4-6-13(12)11-15/h3-7,10-11,14,16H,2,8-9H2,1H3,(H,18,19). The van der Waals surface area contributed by atoms with Crippen LogP contribution in [0.15, 0.2) is 42.5 Å². The summed E-state index contributed by atoms with van der Waals surface area (Å²) in [5.74, 6) is 0.754. The topological polar surface area (TPSA) is 38.3 Å². The van der Waals surface area contributed by atoms with Crippen LogP contribution in [0.4, 0.5) is 0 Å². The molecule has 0 aliphatic heterocycles. The van der Waals surface area contributed by atoms with Crippen LogP contribution in [0.3, 0.4) is 0 Å². The van der Waals surface area contributed by atoms with Gasteiger partial charge in [-0.1, -0.05) is 37.3 Å². The molecule has 1 atom stereocenters. The van der Waals surface area contributed by atoms with Crippen LogP contribution in [0.2, 0.25) is 0 Å². The van der Waals surface area contributed by atoms with Gasteiger partial charge in [0.05, 0.1) is 0 Å². The van der Waals surface area contributed by atoms with Crippen molar-refractivity contribution in [1.29, 1.82) is 0 Å². The molecular formula is C17H19NO2. The molecule has 3 rings (SSSR count). The zero-order valence-electron chi connectivity index (χ0n) is 11.6. The number of carbonyl (C=O) groups excluding carboxylic acids is 1. The van der Waals surface area contributed by atoms with Gasteiger partial charge < -0.3 is 10.1 Å². The first kappa shape index (κ1) is 13.0. The van der Waals surface area contributed by atoms with Gasteiger partial charge in [0.2, 0.25) is 0 Å². The number of amides is 1. The Balaban J connectivity index is 1.74. The second-order valence-electron chi connectivity index (χ2n) is 5.31. The van der Waals surface area contributed by atoms with Gasteiger partial charge in [0, 0.05) is 6.04 Å². The maximum Gasteiger partial charge on any atom is 0.261 e. The first-order valence-electron chi connectivity index (χ1n) is 7.22. The summed E-state index contributed by atoms with van der Waals surface area (Å²) in [5.41, 5.74) is 0. The molecule has 2 aromatic carbocycles. The summed E-state index contributed by atoms with van der Waals surface area (Å²) < 4.78 is 5.85. The van der Waals surface area contributed by atoms with Crippen molar-refractivity contribution in [1.82, 2.24) is 5.32 Å². The number of hydrogen-bond donors (Lipinski definition) is 1. The van der Waals surface area contributed by atoms with Gasteiger partial charge in [0.15, 0.2) is 6.10 Å². The molecule has 1 amide bonds. The van der Waals surface area contributed by atoms with Crippen LogP contribution >= 0.6 is 0 Å². The van der Waals surface area contributed by atoms with Crippen LogP contribution in [0.5, 0.6) is 5.75 Å². The summed E-state index contributed by atoms with van der Waals surface area (Å²) in [6.45, 7) is 1.97. The minimum Gasteiger partial charge on any atom is -0.481 e. The predicted octanol–water partition coefficient (Wildman–Crippen LogP) is 3.28. The van der Waals surface area contributed by atoms with Crippen LogP contribution in [0, 0.1) is 0 Å². The van der Waals surface area contributed by atoms with Gasteiger partial charge in [-0.2, -0.15) is 0 Å². The third-order valence-corrected chi connectivity index (χ3v) is 3.59. The van der Waals surface area contributed by atoms with Gasteiger partial charge >= 0.3 is 0 Å². The monoisotopic (exact) mass is 269 g/mol. The SMILES string of the molecule is CCC(Oc1ccc2ccccc2c1)C(=O)NC1CC1. The highest BCUT2D eigenvalue weighted by atomic mass is 16.5. The molecule has 1 aliphatic rings. The van der Waals surface area contributed by atoms with Crippen molar-refractivity contribution in [3.8, 4) is 5.75 Å². The van der Waals surface area contributed by atoms with Crippen molar-refractivity contribution < 1.29 is 9.53 Å². The normalized spacial score (nSPS) is 15.8. The molecule has 3 heteroatoms. The maximum absolute atomic E-state index is 12.1. The van der Waals surface area contributed by atoms with Gasteiger partial charge in [-0.25, -0.2) is 0 Å². The van der Waals surface area contributed by atoms with Crippen LogP contribution < -0.4 is 10.1 Å². The van der Waals surface area contributed by atoms with Gasteiger partial charge in [0.1, 0.15) is 5.75 Å². The molecule has 104 valence electrons. The number of rotatable bonds is 5. The van der Waals surface area contributed by atoms with E-state index in [1.165, 1.54) is 5.39 Å². The van der Waals surface area contributed by atoms with Crippen LogP contribution in [0.25, 0.3) is 10.8 Å². The summed E-state index contributed by atoms with van der Waals surface area (Å²) in [4.78, 5) is 12.1. The lowest BCUT2D eigenvalue weighted by Gasteiger charge is -2.17. The summed E-state index contributed by atoms with van der Waals surface area (Å²) in [5, 5.41) is 5.30. The first-order chi connectivity index (χ1) is 9.76. The Kier molecular flexibility index (Phi) is 3.59. The third kappa shape index (κ3) is 2.93. The van der Waals surface area contributed by atoms with E-state index < -0.39 is 6.10 Å². The highest BCUT2D eigenvalue weighted by Crippen LogP contribution is 2.23. The molecule has 1 fully saturated rings. The second-order valence-corrected chi connectivity index (χ2v) is 5.31.